The van der Waals surface area contributed by atoms with Crippen LogP contribution in [0, 0.1) is 17.8 Å². The van der Waals surface area contributed by atoms with Crippen molar-refractivity contribution in [1.29, 1.82) is 0 Å². The van der Waals surface area contributed by atoms with E-state index in [1.165, 1.54) is 0 Å². The van der Waals surface area contributed by atoms with Crippen molar-refractivity contribution in [2.75, 3.05) is 13.1 Å². The maximum Gasteiger partial charge on any atom is 0.410 e. The Labute approximate surface area is 137 Å². The van der Waals surface area contributed by atoms with Gasteiger partial charge in [0.1, 0.15) is 6.61 Å². The van der Waals surface area contributed by atoms with Gasteiger partial charge in [0.15, 0.2) is 5.78 Å². The van der Waals surface area contributed by atoms with Crippen LogP contribution in [0.15, 0.2) is 42.0 Å². The zero-order valence-corrected chi connectivity index (χ0v) is 13.7. The molecule has 0 N–H and O–H groups in total. The van der Waals surface area contributed by atoms with E-state index in [1.54, 1.807) is 11.0 Å². The summed E-state index contributed by atoms with van der Waals surface area (Å²) >= 11 is 0. The first kappa shape index (κ1) is 15.8. The molecule has 1 aliphatic carbocycles. The van der Waals surface area contributed by atoms with Crippen molar-refractivity contribution in [2.45, 2.75) is 26.9 Å². The molecule has 1 saturated heterocycles. The number of ether oxygens (including phenoxy) is 1. The summed E-state index contributed by atoms with van der Waals surface area (Å²) in [7, 11) is 0. The number of likely N-dealkylation sites (tertiary alicyclic amines) is 1. The van der Waals surface area contributed by atoms with Gasteiger partial charge in [-0.3, -0.25) is 4.79 Å². The molecule has 1 fully saturated rings. The van der Waals surface area contributed by atoms with Crippen LogP contribution >= 0.6 is 0 Å². The molecule has 1 heterocycles. The van der Waals surface area contributed by atoms with Gasteiger partial charge in [0, 0.05) is 24.9 Å². The van der Waals surface area contributed by atoms with E-state index in [4.69, 9.17) is 4.74 Å². The molecule has 1 aromatic carbocycles. The maximum atomic E-state index is 12.3. The first-order valence-corrected chi connectivity index (χ1v) is 8.24. The summed E-state index contributed by atoms with van der Waals surface area (Å²) in [6.45, 7) is 5.62. The molecular weight excluding hydrogens is 290 g/mol. The molecule has 122 valence electrons. The van der Waals surface area contributed by atoms with Crippen molar-refractivity contribution in [2.24, 2.45) is 17.8 Å². The zero-order valence-electron chi connectivity index (χ0n) is 13.7. The summed E-state index contributed by atoms with van der Waals surface area (Å²) < 4.78 is 5.43. The lowest BCUT2D eigenvalue weighted by Gasteiger charge is -2.42. The molecule has 23 heavy (non-hydrogen) atoms. The molecular formula is C19H23NO3. The fourth-order valence-corrected chi connectivity index (χ4v) is 3.70. The molecule has 2 aliphatic rings. The summed E-state index contributed by atoms with van der Waals surface area (Å²) in [5.74, 6) is 0.918. The van der Waals surface area contributed by atoms with Crippen molar-refractivity contribution in [1.82, 2.24) is 4.90 Å². The van der Waals surface area contributed by atoms with Crippen molar-refractivity contribution < 1.29 is 14.3 Å². The first-order chi connectivity index (χ1) is 11.1. The number of benzene rings is 1. The smallest absolute Gasteiger partial charge is 0.410 e. The van der Waals surface area contributed by atoms with E-state index >= 15 is 0 Å². The Morgan fingerprint density at radius 1 is 1.30 bits per heavy atom. The van der Waals surface area contributed by atoms with Gasteiger partial charge in [0.2, 0.25) is 0 Å². The SMILES string of the molecule is CC1=CC(=O)C(C)C2CCN(C(=O)OCc3ccccc3)CC12. The molecule has 0 spiro atoms. The van der Waals surface area contributed by atoms with E-state index in [1.807, 2.05) is 44.2 Å². The van der Waals surface area contributed by atoms with E-state index in [9.17, 15) is 9.59 Å². The van der Waals surface area contributed by atoms with Crippen LogP contribution in [-0.2, 0) is 16.1 Å². The van der Waals surface area contributed by atoms with Crippen LogP contribution in [0.1, 0.15) is 25.8 Å². The molecule has 1 aromatic rings. The normalized spacial score (nSPS) is 27.2. The van der Waals surface area contributed by atoms with Crippen molar-refractivity contribution >= 4 is 11.9 Å². The molecule has 0 radical (unpaired) electrons. The van der Waals surface area contributed by atoms with Crippen LogP contribution in [0.3, 0.4) is 0 Å². The number of piperidine rings is 1. The largest absolute Gasteiger partial charge is 0.445 e. The third-order valence-corrected chi connectivity index (χ3v) is 5.18. The number of carbonyl (C=O) groups excluding carboxylic acids is 2. The van der Waals surface area contributed by atoms with Gasteiger partial charge < -0.3 is 9.64 Å². The summed E-state index contributed by atoms with van der Waals surface area (Å²) in [6, 6.07) is 9.70. The van der Waals surface area contributed by atoms with E-state index < -0.39 is 0 Å². The fraction of sp³-hybridized carbons (Fsp3) is 0.474. The van der Waals surface area contributed by atoms with Crippen molar-refractivity contribution in [3.63, 3.8) is 0 Å². The molecule has 1 amide bonds. The van der Waals surface area contributed by atoms with Gasteiger partial charge in [-0.05, 0) is 30.9 Å². The van der Waals surface area contributed by atoms with E-state index in [-0.39, 0.29) is 23.7 Å². The number of hydrogen-bond acceptors (Lipinski definition) is 3. The van der Waals surface area contributed by atoms with Gasteiger partial charge in [-0.2, -0.15) is 0 Å². The van der Waals surface area contributed by atoms with E-state index in [0.29, 0.717) is 25.6 Å². The molecule has 0 saturated carbocycles. The second-order valence-electron chi connectivity index (χ2n) is 6.62. The Morgan fingerprint density at radius 2 is 2.04 bits per heavy atom. The Kier molecular flexibility index (Phi) is 4.51. The highest BCUT2D eigenvalue weighted by Gasteiger charge is 2.40. The Morgan fingerprint density at radius 3 is 2.78 bits per heavy atom. The van der Waals surface area contributed by atoms with Gasteiger partial charge >= 0.3 is 6.09 Å². The molecule has 3 unspecified atom stereocenters. The van der Waals surface area contributed by atoms with Gasteiger partial charge in [-0.1, -0.05) is 42.8 Å². The summed E-state index contributed by atoms with van der Waals surface area (Å²) in [6.07, 6.45) is 2.36. The molecule has 3 rings (SSSR count). The fourth-order valence-electron chi connectivity index (χ4n) is 3.70. The summed E-state index contributed by atoms with van der Waals surface area (Å²) in [5, 5.41) is 0. The van der Waals surface area contributed by atoms with Crippen LogP contribution in [0.2, 0.25) is 0 Å². The number of carbonyl (C=O) groups is 2. The monoisotopic (exact) mass is 313 g/mol. The minimum Gasteiger partial charge on any atom is -0.445 e. The second kappa shape index (κ2) is 6.57. The number of amides is 1. The highest BCUT2D eigenvalue weighted by Crippen LogP contribution is 2.38. The minimum atomic E-state index is -0.260. The molecule has 0 bridgehead atoms. The topological polar surface area (TPSA) is 46.6 Å². The van der Waals surface area contributed by atoms with Crippen LogP contribution in [0.5, 0.6) is 0 Å². The molecule has 4 heteroatoms. The Hall–Kier alpha value is -2.10. The van der Waals surface area contributed by atoms with Gasteiger partial charge in [0.05, 0.1) is 0 Å². The number of nitrogens with zero attached hydrogens (tertiary/aromatic N) is 1. The number of allylic oxidation sites excluding steroid dienone is 1. The Balaban J connectivity index is 1.61. The molecule has 4 nitrogen and oxygen atoms in total. The Bertz CT molecular complexity index is 623. The molecule has 1 aliphatic heterocycles. The lowest BCUT2D eigenvalue weighted by atomic mass is 9.69. The van der Waals surface area contributed by atoms with E-state index in [0.717, 1.165) is 17.6 Å². The van der Waals surface area contributed by atoms with Crippen LogP contribution in [0.4, 0.5) is 4.79 Å². The number of ketones is 1. The third-order valence-electron chi connectivity index (χ3n) is 5.18. The molecule has 3 atom stereocenters. The van der Waals surface area contributed by atoms with Crippen LogP contribution in [0.25, 0.3) is 0 Å². The lowest BCUT2D eigenvalue weighted by molar-refractivity contribution is -0.121. The lowest BCUT2D eigenvalue weighted by Crippen LogP contribution is -2.48. The van der Waals surface area contributed by atoms with E-state index in [2.05, 4.69) is 0 Å². The summed E-state index contributed by atoms with van der Waals surface area (Å²) in [5.41, 5.74) is 2.09. The zero-order chi connectivity index (χ0) is 16.4. The quantitative estimate of drug-likeness (QED) is 0.840. The summed E-state index contributed by atoms with van der Waals surface area (Å²) in [4.78, 5) is 26.0. The van der Waals surface area contributed by atoms with Gasteiger partial charge in [-0.25, -0.2) is 4.79 Å². The highest BCUT2D eigenvalue weighted by atomic mass is 16.6. The first-order valence-electron chi connectivity index (χ1n) is 8.24. The van der Waals surface area contributed by atoms with Crippen LogP contribution < -0.4 is 0 Å². The van der Waals surface area contributed by atoms with Crippen LogP contribution in [-0.4, -0.2) is 29.9 Å². The third kappa shape index (κ3) is 3.31. The predicted octanol–water partition coefficient (Wildman–Crippen LogP) is 3.43. The average Bonchev–Trinajstić information content (AvgIpc) is 2.58. The number of fused-ring (bicyclic) bond motifs is 1. The van der Waals surface area contributed by atoms with Crippen molar-refractivity contribution in [3.8, 4) is 0 Å². The van der Waals surface area contributed by atoms with Gasteiger partial charge in [-0.15, -0.1) is 0 Å². The maximum absolute atomic E-state index is 12.3. The van der Waals surface area contributed by atoms with Gasteiger partial charge in [0.25, 0.3) is 0 Å². The minimum absolute atomic E-state index is 0.0613. The standard InChI is InChI=1S/C19H23NO3/c1-13-10-18(21)14(2)16-8-9-20(11-17(13)16)19(22)23-12-15-6-4-3-5-7-15/h3-7,10,14,16-17H,8-9,11-12H2,1-2H3. The predicted molar refractivity (Wildman–Crippen MR) is 87.7 cm³/mol. The highest BCUT2D eigenvalue weighted by molar-refractivity contribution is 5.93. The average molecular weight is 313 g/mol. The number of hydrogen-bond donors (Lipinski definition) is 0. The number of rotatable bonds is 2. The van der Waals surface area contributed by atoms with Crippen molar-refractivity contribution in [3.05, 3.63) is 47.5 Å². The second-order valence-corrected chi connectivity index (χ2v) is 6.62. The molecule has 0 aromatic heterocycles.